The molecule has 0 spiro atoms. The second-order valence-electron chi connectivity index (χ2n) is 8.84. The Morgan fingerprint density at radius 2 is 2.04 bits per heavy atom. The summed E-state index contributed by atoms with van der Waals surface area (Å²) in [6.45, 7) is 11.5. The third-order valence-corrected chi connectivity index (χ3v) is 4.97. The molecule has 2 amide bonds. The fourth-order valence-corrected chi connectivity index (χ4v) is 3.57. The van der Waals surface area contributed by atoms with Gasteiger partial charge in [0.1, 0.15) is 6.61 Å². The normalized spacial score (nSPS) is 23.1. The second kappa shape index (κ2) is 6.52. The van der Waals surface area contributed by atoms with Gasteiger partial charge in [0.05, 0.1) is 17.4 Å². The molecule has 3 heterocycles. The Labute approximate surface area is 154 Å². The van der Waals surface area contributed by atoms with Crippen LogP contribution in [-0.2, 0) is 9.53 Å². The minimum atomic E-state index is -0.453. The van der Waals surface area contributed by atoms with Crippen LogP contribution in [0, 0.1) is 5.41 Å². The number of amides is 2. The van der Waals surface area contributed by atoms with E-state index < -0.39 is 17.0 Å². The van der Waals surface area contributed by atoms with E-state index in [4.69, 9.17) is 9.72 Å². The van der Waals surface area contributed by atoms with Crippen LogP contribution in [0.1, 0.15) is 59.1 Å². The minimum Gasteiger partial charge on any atom is -0.447 e. The van der Waals surface area contributed by atoms with Crippen LogP contribution in [0.2, 0.25) is 0 Å². The summed E-state index contributed by atoms with van der Waals surface area (Å²) in [5, 5.41) is 0. The minimum absolute atomic E-state index is 0.129. The highest BCUT2D eigenvalue weighted by atomic mass is 16.6. The van der Waals surface area contributed by atoms with E-state index in [1.165, 1.54) is 0 Å². The molecule has 7 nitrogen and oxygen atoms in total. The molecule has 26 heavy (non-hydrogen) atoms. The van der Waals surface area contributed by atoms with Gasteiger partial charge in [-0.25, -0.2) is 9.78 Å². The zero-order chi connectivity index (χ0) is 19.1. The zero-order valence-electron chi connectivity index (χ0n) is 16.3. The number of hydrogen-bond donors (Lipinski definition) is 0. The van der Waals surface area contributed by atoms with Gasteiger partial charge in [0.15, 0.2) is 5.82 Å². The highest BCUT2D eigenvalue weighted by Gasteiger charge is 2.42. The fourth-order valence-electron chi connectivity index (χ4n) is 3.57. The van der Waals surface area contributed by atoms with Crippen LogP contribution < -0.4 is 4.90 Å². The van der Waals surface area contributed by atoms with Crippen molar-refractivity contribution in [3.8, 4) is 0 Å². The molecule has 0 unspecified atom stereocenters. The number of rotatable bonds is 2. The molecule has 0 bridgehead atoms. The van der Waals surface area contributed by atoms with Crippen LogP contribution in [-0.4, -0.2) is 52.1 Å². The van der Waals surface area contributed by atoms with Gasteiger partial charge >= 0.3 is 6.09 Å². The summed E-state index contributed by atoms with van der Waals surface area (Å²) in [7, 11) is 0. The first-order chi connectivity index (χ1) is 12.1. The number of cyclic esters (lactones) is 1. The van der Waals surface area contributed by atoms with Crippen LogP contribution in [0.5, 0.6) is 0 Å². The summed E-state index contributed by atoms with van der Waals surface area (Å²) in [6.07, 6.45) is 4.84. The molecule has 0 N–H and O–H groups in total. The Balaban J connectivity index is 1.82. The van der Waals surface area contributed by atoms with Crippen LogP contribution in [0.4, 0.5) is 10.6 Å². The molecule has 0 aromatic carbocycles. The van der Waals surface area contributed by atoms with Gasteiger partial charge in [0, 0.05) is 30.6 Å². The lowest BCUT2D eigenvalue weighted by Gasteiger charge is -2.36. The molecule has 1 atom stereocenters. The molecule has 2 fully saturated rings. The van der Waals surface area contributed by atoms with Gasteiger partial charge in [-0.3, -0.25) is 14.7 Å². The number of piperidine rings is 1. The van der Waals surface area contributed by atoms with Crippen LogP contribution in [0.25, 0.3) is 0 Å². The van der Waals surface area contributed by atoms with E-state index >= 15 is 0 Å². The fraction of sp³-hybridized carbons (Fsp3) is 0.684. The molecular formula is C19H28N4O3. The Morgan fingerprint density at radius 1 is 1.31 bits per heavy atom. The molecular weight excluding hydrogens is 332 g/mol. The van der Waals surface area contributed by atoms with Gasteiger partial charge in [-0.2, -0.15) is 0 Å². The SMILES string of the molecule is CC(C)(C)C(=O)N1CCC[C@@H](c2cncc(N3C(=O)OCC3(C)C)n2)C1. The first-order valence-electron chi connectivity index (χ1n) is 9.18. The topological polar surface area (TPSA) is 75.6 Å². The smallest absolute Gasteiger partial charge is 0.416 e. The number of hydrogen-bond acceptors (Lipinski definition) is 5. The molecule has 0 aliphatic carbocycles. The highest BCUT2D eigenvalue weighted by molar-refractivity contribution is 5.90. The lowest BCUT2D eigenvalue weighted by Crippen LogP contribution is -2.45. The first-order valence-corrected chi connectivity index (χ1v) is 9.18. The van der Waals surface area contributed by atoms with Crippen molar-refractivity contribution in [3.63, 3.8) is 0 Å². The van der Waals surface area contributed by atoms with Crippen molar-refractivity contribution in [1.82, 2.24) is 14.9 Å². The molecule has 3 rings (SSSR count). The van der Waals surface area contributed by atoms with Crippen molar-refractivity contribution in [3.05, 3.63) is 18.1 Å². The highest BCUT2D eigenvalue weighted by Crippen LogP contribution is 2.32. The van der Waals surface area contributed by atoms with Gasteiger partial charge in [0.2, 0.25) is 5.91 Å². The predicted molar refractivity (Wildman–Crippen MR) is 97.9 cm³/mol. The van der Waals surface area contributed by atoms with E-state index in [0.29, 0.717) is 19.0 Å². The van der Waals surface area contributed by atoms with Gasteiger partial charge in [-0.1, -0.05) is 20.8 Å². The zero-order valence-corrected chi connectivity index (χ0v) is 16.3. The molecule has 2 saturated heterocycles. The van der Waals surface area contributed by atoms with Crippen LogP contribution in [0.15, 0.2) is 12.4 Å². The van der Waals surface area contributed by atoms with E-state index in [-0.39, 0.29) is 11.8 Å². The molecule has 1 aromatic rings. The number of aromatic nitrogens is 2. The number of nitrogens with zero attached hydrogens (tertiary/aromatic N) is 4. The number of carbonyl (C=O) groups is 2. The summed E-state index contributed by atoms with van der Waals surface area (Å²) in [5.41, 5.74) is -0.0198. The average molecular weight is 360 g/mol. The number of ether oxygens (including phenoxy) is 1. The second-order valence-corrected chi connectivity index (χ2v) is 8.84. The van der Waals surface area contributed by atoms with Crippen molar-refractivity contribution < 1.29 is 14.3 Å². The Hall–Kier alpha value is -2.18. The Morgan fingerprint density at radius 3 is 2.65 bits per heavy atom. The van der Waals surface area contributed by atoms with Crippen molar-refractivity contribution in [1.29, 1.82) is 0 Å². The maximum absolute atomic E-state index is 12.6. The van der Waals surface area contributed by atoms with Gasteiger partial charge in [0.25, 0.3) is 0 Å². The van der Waals surface area contributed by atoms with Gasteiger partial charge in [-0.15, -0.1) is 0 Å². The largest absolute Gasteiger partial charge is 0.447 e. The number of likely N-dealkylation sites (tertiary alicyclic amines) is 1. The number of anilines is 1. The molecule has 142 valence electrons. The lowest BCUT2D eigenvalue weighted by molar-refractivity contribution is -0.140. The van der Waals surface area contributed by atoms with E-state index in [9.17, 15) is 9.59 Å². The van der Waals surface area contributed by atoms with E-state index in [1.807, 2.05) is 39.5 Å². The van der Waals surface area contributed by atoms with Crippen molar-refractivity contribution >= 4 is 17.8 Å². The molecule has 0 saturated carbocycles. The standard InChI is InChI=1S/C19H28N4O3/c1-18(2,3)16(24)22-8-6-7-13(11-22)14-9-20-10-15(21-14)23-17(25)26-12-19(23,4)5/h9-10,13H,6-8,11-12H2,1-5H3/t13-/m1/s1. The quantitative estimate of drug-likeness (QED) is 0.810. The third kappa shape index (κ3) is 3.52. The molecule has 2 aliphatic heterocycles. The molecule has 1 aromatic heterocycles. The summed E-state index contributed by atoms with van der Waals surface area (Å²) >= 11 is 0. The predicted octanol–water partition coefficient (Wildman–Crippen LogP) is 2.96. The molecule has 7 heteroatoms. The monoisotopic (exact) mass is 360 g/mol. The van der Waals surface area contributed by atoms with Gasteiger partial charge in [-0.05, 0) is 26.7 Å². The summed E-state index contributed by atoms with van der Waals surface area (Å²) in [5.74, 6) is 0.800. The molecule has 2 aliphatic rings. The number of carbonyl (C=O) groups excluding carboxylic acids is 2. The average Bonchev–Trinajstić information content (AvgIpc) is 2.86. The van der Waals surface area contributed by atoms with E-state index in [0.717, 1.165) is 25.1 Å². The molecule has 0 radical (unpaired) electrons. The Bertz CT molecular complexity index is 711. The first kappa shape index (κ1) is 18.6. The van der Waals surface area contributed by atoms with E-state index in [1.54, 1.807) is 17.3 Å². The van der Waals surface area contributed by atoms with Crippen molar-refractivity contribution in [2.75, 3.05) is 24.6 Å². The van der Waals surface area contributed by atoms with Crippen LogP contribution >= 0.6 is 0 Å². The maximum atomic E-state index is 12.6. The third-order valence-electron chi connectivity index (χ3n) is 4.97. The summed E-state index contributed by atoms with van der Waals surface area (Å²) < 4.78 is 5.17. The lowest BCUT2D eigenvalue weighted by atomic mass is 9.90. The van der Waals surface area contributed by atoms with Gasteiger partial charge < -0.3 is 9.64 Å². The maximum Gasteiger partial charge on any atom is 0.416 e. The van der Waals surface area contributed by atoms with Crippen molar-refractivity contribution in [2.24, 2.45) is 5.41 Å². The van der Waals surface area contributed by atoms with E-state index in [2.05, 4.69) is 4.98 Å². The summed E-state index contributed by atoms with van der Waals surface area (Å²) in [4.78, 5) is 37.2. The van der Waals surface area contributed by atoms with Crippen molar-refractivity contribution in [2.45, 2.75) is 58.9 Å². The Kier molecular flexibility index (Phi) is 4.67. The summed E-state index contributed by atoms with van der Waals surface area (Å²) in [6, 6.07) is 0. The van der Waals surface area contributed by atoms with Crippen LogP contribution in [0.3, 0.4) is 0 Å².